The zero-order chi connectivity index (χ0) is 25.3. The lowest BCUT2D eigenvalue weighted by Gasteiger charge is -2.43. The van der Waals surface area contributed by atoms with Crippen LogP contribution in [-0.4, -0.2) is 101 Å². The number of benzene rings is 1. The van der Waals surface area contributed by atoms with Crippen LogP contribution in [0.3, 0.4) is 0 Å². The van der Waals surface area contributed by atoms with Gasteiger partial charge in [-0.2, -0.15) is 0 Å². The van der Waals surface area contributed by atoms with Crippen molar-refractivity contribution in [1.29, 1.82) is 0 Å². The Balaban J connectivity index is 1.17. The molecule has 194 valence electrons. The van der Waals surface area contributed by atoms with Gasteiger partial charge in [-0.3, -0.25) is 9.69 Å². The third-order valence-electron chi connectivity index (χ3n) is 7.62. The first kappa shape index (κ1) is 25.1. The summed E-state index contributed by atoms with van der Waals surface area (Å²) in [6.07, 6.45) is 5.01. The van der Waals surface area contributed by atoms with Gasteiger partial charge in [0.25, 0.3) is 5.91 Å². The molecule has 0 radical (unpaired) electrons. The van der Waals surface area contributed by atoms with E-state index in [1.54, 1.807) is 11.0 Å². The molecule has 1 aromatic heterocycles. The number of fused-ring (bicyclic) bond motifs is 1. The summed E-state index contributed by atoms with van der Waals surface area (Å²) >= 11 is 0. The average Bonchev–Trinajstić information content (AvgIpc) is 2.88. The number of nitrogens with zero attached hydrogens (tertiary/aromatic N) is 5. The maximum absolute atomic E-state index is 13.2. The number of likely N-dealkylation sites (tertiary alicyclic amines) is 1. The summed E-state index contributed by atoms with van der Waals surface area (Å²) in [5.74, 6) is 0.336. The Labute approximate surface area is 212 Å². The number of rotatable bonds is 5. The van der Waals surface area contributed by atoms with E-state index in [0.717, 1.165) is 19.5 Å². The quantitative estimate of drug-likeness (QED) is 0.605. The fourth-order valence-electron chi connectivity index (χ4n) is 5.59. The molecular formula is C25H34N6O4S. The van der Waals surface area contributed by atoms with Gasteiger partial charge < -0.3 is 15.3 Å². The number of sulfonamides is 1. The number of hydrogen-bond donors (Lipinski definition) is 2. The van der Waals surface area contributed by atoms with Crippen molar-refractivity contribution in [2.24, 2.45) is 0 Å². The molecule has 0 bridgehead atoms. The van der Waals surface area contributed by atoms with Crippen LogP contribution in [0, 0.1) is 0 Å². The molecule has 0 aliphatic carbocycles. The first-order chi connectivity index (χ1) is 17.3. The van der Waals surface area contributed by atoms with Crippen molar-refractivity contribution in [2.45, 2.75) is 50.4 Å². The van der Waals surface area contributed by atoms with Crippen molar-refractivity contribution in [3.63, 3.8) is 0 Å². The van der Waals surface area contributed by atoms with E-state index in [-0.39, 0.29) is 24.5 Å². The Kier molecular flexibility index (Phi) is 7.25. The van der Waals surface area contributed by atoms with E-state index < -0.39 is 16.1 Å². The van der Waals surface area contributed by atoms with Gasteiger partial charge in [0.2, 0.25) is 10.0 Å². The molecule has 36 heavy (non-hydrogen) atoms. The third kappa shape index (κ3) is 5.54. The first-order valence-electron chi connectivity index (χ1n) is 12.6. The molecule has 1 amide bonds. The second-order valence-corrected chi connectivity index (χ2v) is 12.0. The maximum atomic E-state index is 13.2. The molecule has 0 saturated carbocycles. The third-order valence-corrected chi connectivity index (χ3v) is 8.93. The van der Waals surface area contributed by atoms with E-state index in [1.807, 2.05) is 0 Å². The van der Waals surface area contributed by atoms with Gasteiger partial charge in [0.05, 0.1) is 12.4 Å². The SMILES string of the molecule is CS(=O)(=O)N1CCC(Nc2cc(C(=O)N3CCC(N4CCc5ccccc5C4)[C@@H](O)C3)ncn2)CC1. The number of piperidine rings is 2. The van der Waals surface area contributed by atoms with Gasteiger partial charge in [0.1, 0.15) is 17.8 Å². The normalized spacial score (nSPS) is 24.3. The fourth-order valence-corrected chi connectivity index (χ4v) is 6.46. The number of amides is 1. The highest BCUT2D eigenvalue weighted by Gasteiger charge is 2.36. The summed E-state index contributed by atoms with van der Waals surface area (Å²) < 4.78 is 24.9. The van der Waals surface area contributed by atoms with Gasteiger partial charge in [-0.25, -0.2) is 22.7 Å². The lowest BCUT2D eigenvalue weighted by Crippen LogP contribution is -2.56. The zero-order valence-corrected chi connectivity index (χ0v) is 21.4. The second kappa shape index (κ2) is 10.4. The predicted octanol–water partition coefficient (Wildman–Crippen LogP) is 0.946. The summed E-state index contributed by atoms with van der Waals surface area (Å²) in [6, 6.07) is 10.2. The lowest BCUT2D eigenvalue weighted by atomic mass is 9.94. The standard InChI is InChI=1S/C25H34N6O4S/c1-36(34,35)31-12-7-20(8-13-31)28-24-14-21(26-17-27-24)25(33)30-11-9-22(23(32)16-30)29-10-6-18-4-2-3-5-19(18)15-29/h2-5,14,17,20,22-23,32H,6-13,15-16H2,1H3,(H,26,27,28)/t22?,23-/m0/s1. The Bertz CT molecular complexity index is 1200. The van der Waals surface area contributed by atoms with Crippen molar-refractivity contribution in [2.75, 3.05) is 44.3 Å². The van der Waals surface area contributed by atoms with E-state index in [2.05, 4.69) is 44.5 Å². The van der Waals surface area contributed by atoms with Crippen LogP contribution in [0.5, 0.6) is 0 Å². The smallest absolute Gasteiger partial charge is 0.272 e. The largest absolute Gasteiger partial charge is 0.390 e. The molecule has 5 rings (SSSR count). The molecule has 4 heterocycles. The molecule has 2 saturated heterocycles. The van der Waals surface area contributed by atoms with Crippen molar-refractivity contribution in [3.8, 4) is 0 Å². The van der Waals surface area contributed by atoms with Crippen LogP contribution >= 0.6 is 0 Å². The number of β-amino-alcohol motifs (C(OH)–C–C–N with tert-alkyl or cyclic N) is 1. The molecule has 3 aliphatic heterocycles. The zero-order valence-electron chi connectivity index (χ0n) is 20.6. The number of hydrogen-bond acceptors (Lipinski definition) is 8. The summed E-state index contributed by atoms with van der Waals surface area (Å²) in [4.78, 5) is 25.7. The predicted molar refractivity (Wildman–Crippen MR) is 136 cm³/mol. The van der Waals surface area contributed by atoms with E-state index >= 15 is 0 Å². The summed E-state index contributed by atoms with van der Waals surface area (Å²) in [5, 5.41) is 14.3. The highest BCUT2D eigenvalue weighted by Crippen LogP contribution is 2.26. The van der Waals surface area contributed by atoms with Crippen LogP contribution in [0.2, 0.25) is 0 Å². The Morgan fingerprint density at radius 1 is 1.06 bits per heavy atom. The maximum Gasteiger partial charge on any atom is 0.272 e. The summed E-state index contributed by atoms with van der Waals surface area (Å²) in [7, 11) is -3.18. The molecular weight excluding hydrogens is 480 g/mol. The molecule has 2 atom stereocenters. The minimum Gasteiger partial charge on any atom is -0.390 e. The van der Waals surface area contributed by atoms with Crippen LogP contribution in [0.4, 0.5) is 5.82 Å². The van der Waals surface area contributed by atoms with Gasteiger partial charge >= 0.3 is 0 Å². The lowest BCUT2D eigenvalue weighted by molar-refractivity contribution is -0.0139. The van der Waals surface area contributed by atoms with Crippen molar-refractivity contribution >= 4 is 21.7 Å². The first-order valence-corrected chi connectivity index (χ1v) is 14.4. The van der Waals surface area contributed by atoms with Gasteiger partial charge in [0.15, 0.2) is 0 Å². The van der Waals surface area contributed by atoms with Gasteiger partial charge in [-0.05, 0) is 36.8 Å². The number of aromatic nitrogens is 2. The Morgan fingerprint density at radius 2 is 1.81 bits per heavy atom. The minimum atomic E-state index is -3.18. The molecule has 2 aromatic rings. The molecule has 0 spiro atoms. The highest BCUT2D eigenvalue weighted by atomic mass is 32.2. The molecule has 1 aromatic carbocycles. The molecule has 11 heteroatoms. The van der Waals surface area contributed by atoms with Gasteiger partial charge in [0, 0.05) is 57.4 Å². The number of carbonyl (C=O) groups is 1. The van der Waals surface area contributed by atoms with Gasteiger partial charge in [-0.1, -0.05) is 24.3 Å². The van der Waals surface area contributed by atoms with Gasteiger partial charge in [-0.15, -0.1) is 0 Å². The molecule has 2 N–H and O–H groups in total. The topological polar surface area (TPSA) is 119 Å². The Morgan fingerprint density at radius 3 is 2.53 bits per heavy atom. The van der Waals surface area contributed by atoms with Crippen molar-refractivity contribution < 1.29 is 18.3 Å². The van der Waals surface area contributed by atoms with E-state index in [9.17, 15) is 18.3 Å². The highest BCUT2D eigenvalue weighted by molar-refractivity contribution is 7.88. The minimum absolute atomic E-state index is 0.0304. The number of carbonyl (C=O) groups excluding carboxylic acids is 1. The van der Waals surface area contributed by atoms with Crippen LogP contribution in [0.15, 0.2) is 36.7 Å². The van der Waals surface area contributed by atoms with E-state index in [0.29, 0.717) is 50.4 Å². The molecule has 2 fully saturated rings. The summed E-state index contributed by atoms with van der Waals surface area (Å²) in [6.45, 7) is 3.51. The summed E-state index contributed by atoms with van der Waals surface area (Å²) in [5.41, 5.74) is 2.99. The number of aliphatic hydroxyl groups excluding tert-OH is 1. The monoisotopic (exact) mass is 514 g/mol. The van der Waals surface area contributed by atoms with Crippen LogP contribution in [0.1, 0.15) is 40.9 Å². The van der Waals surface area contributed by atoms with Crippen LogP contribution < -0.4 is 5.32 Å². The number of aliphatic hydroxyl groups is 1. The average molecular weight is 515 g/mol. The van der Waals surface area contributed by atoms with Crippen LogP contribution in [0.25, 0.3) is 0 Å². The van der Waals surface area contributed by atoms with Crippen molar-refractivity contribution in [3.05, 3.63) is 53.5 Å². The van der Waals surface area contributed by atoms with E-state index in [1.165, 1.54) is 28.0 Å². The van der Waals surface area contributed by atoms with E-state index in [4.69, 9.17) is 0 Å². The number of anilines is 1. The Hall–Kier alpha value is -2.60. The second-order valence-electron chi connectivity index (χ2n) is 10.0. The molecule has 1 unspecified atom stereocenters. The fraction of sp³-hybridized carbons (Fsp3) is 0.560. The molecule has 3 aliphatic rings. The molecule has 10 nitrogen and oxygen atoms in total. The number of nitrogens with one attached hydrogen (secondary N) is 1. The van der Waals surface area contributed by atoms with Crippen molar-refractivity contribution in [1.82, 2.24) is 24.1 Å². The van der Waals surface area contributed by atoms with Crippen LogP contribution in [-0.2, 0) is 23.0 Å².